The van der Waals surface area contributed by atoms with Gasteiger partial charge in [0.05, 0.1) is 30.7 Å². The van der Waals surface area contributed by atoms with E-state index in [1.807, 2.05) is 36.3 Å². The van der Waals surface area contributed by atoms with Crippen LogP contribution in [0.3, 0.4) is 0 Å². The summed E-state index contributed by atoms with van der Waals surface area (Å²) in [5.41, 5.74) is 5.11. The van der Waals surface area contributed by atoms with E-state index in [-0.39, 0.29) is 17.4 Å². The van der Waals surface area contributed by atoms with Crippen molar-refractivity contribution in [3.8, 4) is 11.1 Å². The van der Waals surface area contributed by atoms with Crippen LogP contribution in [0.15, 0.2) is 36.8 Å². The minimum atomic E-state index is -3.08. The molecule has 26 heavy (non-hydrogen) atoms. The average molecular weight is 371 g/mol. The fourth-order valence-electron chi connectivity index (χ4n) is 3.55. The number of aryl methyl sites for hydroxylation is 1. The SMILES string of the molecule is CCS(=O)(=O)CC1COCc2c(-c3ccc4c(cnn4C)c3)cncc21. The van der Waals surface area contributed by atoms with Crippen LogP contribution in [0.4, 0.5) is 0 Å². The molecule has 0 bridgehead atoms. The standard InChI is InChI=1S/C19H21N3O3S/c1-3-26(23,24)12-15-10-25-11-18-16(8-20-9-17(15)18)13-4-5-19-14(6-13)7-21-22(19)2/h4-9,15H,3,10-12H2,1-2H3. The fraction of sp³-hybridized carbons (Fsp3) is 0.368. The third-order valence-electron chi connectivity index (χ3n) is 5.05. The number of hydrogen-bond donors (Lipinski definition) is 0. The molecule has 0 saturated carbocycles. The summed E-state index contributed by atoms with van der Waals surface area (Å²) in [6.45, 7) is 2.57. The maximum Gasteiger partial charge on any atom is 0.150 e. The van der Waals surface area contributed by atoms with E-state index in [1.165, 1.54) is 0 Å². The van der Waals surface area contributed by atoms with Gasteiger partial charge in [-0.15, -0.1) is 0 Å². The fourth-order valence-corrected chi connectivity index (χ4v) is 4.68. The van der Waals surface area contributed by atoms with Crippen molar-refractivity contribution in [2.75, 3.05) is 18.1 Å². The molecule has 0 aliphatic carbocycles. The lowest BCUT2D eigenvalue weighted by Gasteiger charge is -2.27. The van der Waals surface area contributed by atoms with Crippen LogP contribution in [0.1, 0.15) is 24.0 Å². The molecule has 4 rings (SSSR count). The molecule has 2 aromatic heterocycles. The Kier molecular flexibility index (Phi) is 4.28. The van der Waals surface area contributed by atoms with Gasteiger partial charge in [-0.2, -0.15) is 5.10 Å². The van der Waals surface area contributed by atoms with Crippen LogP contribution in [0.25, 0.3) is 22.0 Å². The Hall–Kier alpha value is -2.25. The van der Waals surface area contributed by atoms with Crippen LogP contribution < -0.4 is 0 Å². The second-order valence-electron chi connectivity index (χ2n) is 6.71. The highest BCUT2D eigenvalue weighted by atomic mass is 32.2. The molecule has 3 heterocycles. The van der Waals surface area contributed by atoms with Gasteiger partial charge in [0.25, 0.3) is 0 Å². The van der Waals surface area contributed by atoms with Crippen molar-refractivity contribution >= 4 is 20.7 Å². The van der Waals surface area contributed by atoms with Gasteiger partial charge in [-0.3, -0.25) is 9.67 Å². The Morgan fingerprint density at radius 3 is 2.92 bits per heavy atom. The number of pyridine rings is 1. The van der Waals surface area contributed by atoms with Crippen LogP contribution in [0, 0.1) is 0 Å². The number of aromatic nitrogens is 3. The zero-order valence-electron chi connectivity index (χ0n) is 14.8. The Morgan fingerprint density at radius 1 is 1.27 bits per heavy atom. The molecule has 1 aliphatic rings. The first-order chi connectivity index (χ1) is 12.5. The molecule has 6 nitrogen and oxygen atoms in total. The number of hydrogen-bond acceptors (Lipinski definition) is 5. The van der Waals surface area contributed by atoms with Crippen molar-refractivity contribution < 1.29 is 13.2 Å². The normalized spacial score (nSPS) is 17.4. The topological polar surface area (TPSA) is 74.1 Å². The lowest BCUT2D eigenvalue weighted by Crippen LogP contribution is -2.25. The van der Waals surface area contributed by atoms with Gasteiger partial charge < -0.3 is 4.74 Å². The molecular weight excluding hydrogens is 350 g/mol. The maximum atomic E-state index is 12.1. The molecular formula is C19H21N3O3S. The summed E-state index contributed by atoms with van der Waals surface area (Å²) in [6.07, 6.45) is 5.46. The third kappa shape index (κ3) is 3.01. The van der Waals surface area contributed by atoms with Crippen molar-refractivity contribution in [2.45, 2.75) is 19.4 Å². The summed E-state index contributed by atoms with van der Waals surface area (Å²) in [5.74, 6) is 0.0747. The van der Waals surface area contributed by atoms with Gasteiger partial charge in [0.15, 0.2) is 9.84 Å². The second kappa shape index (κ2) is 6.48. The molecule has 1 aromatic carbocycles. The maximum absolute atomic E-state index is 12.1. The number of rotatable bonds is 4. The molecule has 0 fully saturated rings. The van der Waals surface area contributed by atoms with E-state index < -0.39 is 9.84 Å². The zero-order valence-corrected chi connectivity index (χ0v) is 15.7. The first kappa shape index (κ1) is 17.2. The monoisotopic (exact) mass is 371 g/mol. The summed E-state index contributed by atoms with van der Waals surface area (Å²) in [4.78, 5) is 4.39. The molecule has 1 atom stereocenters. The molecule has 7 heteroatoms. The highest BCUT2D eigenvalue weighted by Gasteiger charge is 2.27. The largest absolute Gasteiger partial charge is 0.376 e. The van der Waals surface area contributed by atoms with Crippen LogP contribution in [0.5, 0.6) is 0 Å². The number of ether oxygens (including phenoxy) is 1. The van der Waals surface area contributed by atoms with E-state index in [9.17, 15) is 8.42 Å². The predicted molar refractivity (Wildman–Crippen MR) is 101 cm³/mol. The number of sulfone groups is 1. The van der Waals surface area contributed by atoms with Gasteiger partial charge in [0, 0.05) is 42.1 Å². The zero-order chi connectivity index (χ0) is 18.3. The lowest BCUT2D eigenvalue weighted by molar-refractivity contribution is 0.0958. The highest BCUT2D eigenvalue weighted by Crippen LogP contribution is 2.35. The predicted octanol–water partition coefficient (Wildman–Crippen LogP) is 2.68. The van der Waals surface area contributed by atoms with Crippen LogP contribution in [-0.4, -0.2) is 41.3 Å². The Morgan fingerprint density at radius 2 is 2.12 bits per heavy atom. The second-order valence-corrected chi connectivity index (χ2v) is 9.11. The molecule has 0 N–H and O–H groups in total. The van der Waals surface area contributed by atoms with Gasteiger partial charge in [-0.05, 0) is 28.8 Å². The summed E-state index contributed by atoms with van der Waals surface area (Å²) < 4.78 is 31.8. The number of benzene rings is 1. The Balaban J connectivity index is 1.78. The van der Waals surface area contributed by atoms with E-state index in [0.717, 1.165) is 33.2 Å². The molecule has 1 aliphatic heterocycles. The van der Waals surface area contributed by atoms with Gasteiger partial charge in [-0.1, -0.05) is 13.0 Å². The van der Waals surface area contributed by atoms with Crippen molar-refractivity contribution in [2.24, 2.45) is 7.05 Å². The van der Waals surface area contributed by atoms with E-state index in [2.05, 4.69) is 16.1 Å². The highest BCUT2D eigenvalue weighted by molar-refractivity contribution is 7.91. The molecule has 0 spiro atoms. The van der Waals surface area contributed by atoms with Crippen molar-refractivity contribution in [3.63, 3.8) is 0 Å². The van der Waals surface area contributed by atoms with Crippen molar-refractivity contribution in [1.29, 1.82) is 0 Å². The molecule has 0 saturated heterocycles. The first-order valence-electron chi connectivity index (χ1n) is 8.65. The van der Waals surface area contributed by atoms with Crippen LogP contribution >= 0.6 is 0 Å². The van der Waals surface area contributed by atoms with Crippen molar-refractivity contribution in [3.05, 3.63) is 47.9 Å². The molecule has 0 amide bonds. The van der Waals surface area contributed by atoms with Gasteiger partial charge in [-0.25, -0.2) is 8.42 Å². The van der Waals surface area contributed by atoms with E-state index in [0.29, 0.717) is 13.2 Å². The smallest absolute Gasteiger partial charge is 0.150 e. The molecule has 0 radical (unpaired) electrons. The average Bonchev–Trinajstić information content (AvgIpc) is 3.02. The summed E-state index contributed by atoms with van der Waals surface area (Å²) in [5, 5.41) is 5.35. The van der Waals surface area contributed by atoms with Gasteiger partial charge >= 0.3 is 0 Å². The van der Waals surface area contributed by atoms with Gasteiger partial charge in [0.2, 0.25) is 0 Å². The third-order valence-corrected chi connectivity index (χ3v) is 6.84. The first-order valence-corrected chi connectivity index (χ1v) is 10.5. The number of nitrogens with zero attached hydrogens (tertiary/aromatic N) is 3. The lowest BCUT2D eigenvalue weighted by atomic mass is 9.90. The van der Waals surface area contributed by atoms with E-state index in [4.69, 9.17) is 4.74 Å². The minimum Gasteiger partial charge on any atom is -0.376 e. The van der Waals surface area contributed by atoms with Gasteiger partial charge in [0.1, 0.15) is 0 Å². The van der Waals surface area contributed by atoms with E-state index in [1.54, 1.807) is 13.1 Å². The summed E-state index contributed by atoms with van der Waals surface area (Å²) in [6, 6.07) is 6.18. The Labute approximate surface area is 152 Å². The summed E-state index contributed by atoms with van der Waals surface area (Å²) in [7, 11) is -1.17. The minimum absolute atomic E-state index is 0.100. The molecule has 1 unspecified atom stereocenters. The molecule has 3 aromatic rings. The quantitative estimate of drug-likeness (QED) is 0.705. The Bertz CT molecular complexity index is 1070. The van der Waals surface area contributed by atoms with Crippen LogP contribution in [0.2, 0.25) is 0 Å². The number of fused-ring (bicyclic) bond motifs is 2. The van der Waals surface area contributed by atoms with E-state index >= 15 is 0 Å². The summed E-state index contributed by atoms with van der Waals surface area (Å²) >= 11 is 0. The van der Waals surface area contributed by atoms with Crippen molar-refractivity contribution in [1.82, 2.24) is 14.8 Å². The van der Waals surface area contributed by atoms with Crippen LogP contribution in [-0.2, 0) is 28.2 Å². The molecule has 136 valence electrons.